The Labute approximate surface area is 397 Å². The van der Waals surface area contributed by atoms with Crippen LogP contribution in [0.5, 0.6) is 0 Å². The predicted molar refractivity (Wildman–Crippen MR) is 262 cm³/mol. The van der Waals surface area contributed by atoms with Gasteiger partial charge in [0.15, 0.2) is 11.6 Å². The third kappa shape index (κ3) is 35.4. The predicted octanol–water partition coefficient (Wildman–Crippen LogP) is 7.83. The number of rotatable bonds is 42. The van der Waals surface area contributed by atoms with Crippen LogP contribution in [0.3, 0.4) is 0 Å². The highest BCUT2D eigenvalue weighted by Crippen LogP contribution is 2.18. The van der Waals surface area contributed by atoms with Crippen LogP contribution in [0.15, 0.2) is 0 Å². The number of Topliss-reactive ketones (excluding diaryl/α,β-unsaturated/α-hetero) is 2. The van der Waals surface area contributed by atoms with Gasteiger partial charge in [-0.1, -0.05) is 125 Å². The fourth-order valence-electron chi connectivity index (χ4n) is 7.27. The van der Waals surface area contributed by atoms with E-state index < -0.39 is 11.8 Å². The van der Waals surface area contributed by atoms with Crippen LogP contribution in [0.4, 0.5) is 0 Å². The van der Waals surface area contributed by atoms with E-state index in [-0.39, 0.29) is 104 Å². The Morgan fingerprint density at radius 3 is 1.72 bits per heavy atom. The molecule has 0 unspecified atom stereocenters. The van der Waals surface area contributed by atoms with Crippen LogP contribution in [0.1, 0.15) is 183 Å². The van der Waals surface area contributed by atoms with E-state index in [0.29, 0.717) is 50.4 Å². The number of ether oxygens (including phenoxy) is 1. The zero-order valence-electron chi connectivity index (χ0n) is 42.0. The number of hydrogen-bond acceptors (Lipinski definition) is 10. The molecule has 0 fully saturated rings. The van der Waals surface area contributed by atoms with Gasteiger partial charge in [0.25, 0.3) is 0 Å². The average Bonchev–Trinajstić information content (AvgIpc) is 3.25. The molecule has 0 aromatic heterocycles. The average molecular weight is 938 g/mol. The lowest BCUT2D eigenvalue weighted by Crippen LogP contribution is -2.40. The van der Waals surface area contributed by atoms with E-state index in [1.165, 1.54) is 99.9 Å². The minimum absolute atomic E-state index is 0.0227. The van der Waals surface area contributed by atoms with Crippen molar-refractivity contribution in [1.82, 2.24) is 25.8 Å². The number of carbonyl (C=O) groups excluding carboxylic acids is 8. The lowest BCUT2D eigenvalue weighted by atomic mass is 9.94. The molecule has 0 radical (unpaired) electrons. The number of thioether (sulfide) groups is 1. The molecule has 0 aromatic carbocycles. The molecule has 0 saturated carbocycles. The van der Waals surface area contributed by atoms with Crippen LogP contribution < -0.4 is 16.0 Å². The minimum Gasteiger partial charge on any atom is -0.465 e. The number of likely N-dealkylation sites (N-methyl/N-ethyl adjacent to an activating group) is 2. The summed E-state index contributed by atoms with van der Waals surface area (Å²) in [5, 5.41) is 8.56. The highest BCUT2D eigenvalue weighted by molar-refractivity contribution is 7.99. The van der Waals surface area contributed by atoms with Crippen molar-refractivity contribution in [1.29, 1.82) is 0 Å². The second-order valence-corrected chi connectivity index (χ2v) is 19.8. The van der Waals surface area contributed by atoms with Crippen LogP contribution >= 0.6 is 11.8 Å². The Hall–Kier alpha value is -3.49. The lowest BCUT2D eigenvalue weighted by Gasteiger charge is -2.24. The second kappa shape index (κ2) is 39.7. The van der Waals surface area contributed by atoms with E-state index in [1.54, 1.807) is 20.8 Å². The molecular formula is C50H91N5O9S. The first kappa shape index (κ1) is 61.5. The van der Waals surface area contributed by atoms with Crippen LogP contribution in [0.25, 0.3) is 0 Å². The first-order valence-corrected chi connectivity index (χ1v) is 26.2. The number of amides is 5. The molecule has 0 aliphatic rings. The Balaban J connectivity index is 4.94. The first-order valence-electron chi connectivity index (χ1n) is 25.1. The van der Waals surface area contributed by atoms with E-state index >= 15 is 0 Å². The van der Waals surface area contributed by atoms with Crippen LogP contribution in [0, 0.1) is 23.7 Å². The van der Waals surface area contributed by atoms with Gasteiger partial charge >= 0.3 is 5.97 Å². The number of esters is 1. The summed E-state index contributed by atoms with van der Waals surface area (Å²) in [6, 6.07) is 0. The van der Waals surface area contributed by atoms with Gasteiger partial charge in [-0.25, -0.2) is 0 Å². The molecule has 376 valence electrons. The molecule has 15 heteroatoms. The van der Waals surface area contributed by atoms with Crippen molar-refractivity contribution in [2.24, 2.45) is 23.7 Å². The van der Waals surface area contributed by atoms with Crippen LogP contribution in [-0.2, 0) is 43.1 Å². The number of unbranched alkanes of at least 4 members (excludes halogenated alkanes) is 13. The van der Waals surface area contributed by atoms with Gasteiger partial charge in [0, 0.05) is 77.0 Å². The van der Waals surface area contributed by atoms with Crippen molar-refractivity contribution >= 4 is 58.8 Å². The molecular weight excluding hydrogens is 847 g/mol. The van der Waals surface area contributed by atoms with Crippen molar-refractivity contribution in [3.8, 4) is 0 Å². The molecule has 14 nitrogen and oxygen atoms in total. The molecule has 0 aromatic rings. The molecule has 5 amide bonds. The molecule has 0 aliphatic carbocycles. The van der Waals surface area contributed by atoms with Gasteiger partial charge in [0.05, 0.1) is 24.8 Å². The van der Waals surface area contributed by atoms with Crippen molar-refractivity contribution in [3.05, 3.63) is 0 Å². The minimum atomic E-state index is -0.755. The summed E-state index contributed by atoms with van der Waals surface area (Å²) in [7, 11) is 3.04. The zero-order chi connectivity index (χ0) is 48.8. The second-order valence-electron chi connectivity index (χ2n) is 18.7. The van der Waals surface area contributed by atoms with Crippen LogP contribution in [-0.4, -0.2) is 122 Å². The normalized spacial score (nSPS) is 12.1. The highest BCUT2D eigenvalue weighted by Gasteiger charge is 2.28. The molecule has 0 heterocycles. The quantitative estimate of drug-likeness (QED) is 0.0402. The third-order valence-electron chi connectivity index (χ3n) is 11.3. The third-order valence-corrected chi connectivity index (χ3v) is 12.3. The molecule has 3 N–H and O–H groups in total. The van der Waals surface area contributed by atoms with Gasteiger partial charge in [0.1, 0.15) is 6.61 Å². The smallest absolute Gasteiger partial charge is 0.308 e. The van der Waals surface area contributed by atoms with Crippen LogP contribution in [0.2, 0.25) is 0 Å². The lowest BCUT2D eigenvalue weighted by molar-refractivity contribution is -0.146. The molecule has 0 saturated heterocycles. The van der Waals surface area contributed by atoms with Crippen molar-refractivity contribution in [2.75, 3.05) is 64.9 Å². The van der Waals surface area contributed by atoms with Gasteiger partial charge in [-0.3, -0.25) is 38.4 Å². The van der Waals surface area contributed by atoms with Crippen molar-refractivity contribution < 1.29 is 43.1 Å². The molecule has 2 atom stereocenters. The number of nitrogens with one attached hydrogen (secondary N) is 3. The number of carbonyl (C=O) groups is 8. The Bertz CT molecular complexity index is 1380. The molecule has 0 aliphatic heterocycles. The summed E-state index contributed by atoms with van der Waals surface area (Å²) in [6.07, 6.45) is 19.6. The summed E-state index contributed by atoms with van der Waals surface area (Å²) in [6.45, 7) is 12.6. The molecule has 0 rings (SSSR count). The summed E-state index contributed by atoms with van der Waals surface area (Å²) >= 11 is 1.36. The van der Waals surface area contributed by atoms with Gasteiger partial charge in [-0.05, 0) is 38.0 Å². The fourth-order valence-corrected chi connectivity index (χ4v) is 7.91. The maximum atomic E-state index is 13.7. The van der Waals surface area contributed by atoms with E-state index in [9.17, 15) is 38.4 Å². The topological polar surface area (TPSA) is 188 Å². The Morgan fingerprint density at radius 1 is 0.569 bits per heavy atom. The summed E-state index contributed by atoms with van der Waals surface area (Å²) in [5.74, 6) is -2.24. The highest BCUT2D eigenvalue weighted by atomic mass is 32.2. The van der Waals surface area contributed by atoms with E-state index in [1.807, 2.05) is 0 Å². The van der Waals surface area contributed by atoms with Crippen molar-refractivity contribution in [3.63, 3.8) is 0 Å². The molecule has 65 heavy (non-hydrogen) atoms. The first-order chi connectivity index (χ1) is 31.0. The maximum absolute atomic E-state index is 13.7. The van der Waals surface area contributed by atoms with E-state index in [2.05, 4.69) is 36.7 Å². The summed E-state index contributed by atoms with van der Waals surface area (Å²) < 4.78 is 5.13. The van der Waals surface area contributed by atoms with E-state index in [4.69, 9.17) is 4.74 Å². The molecule has 0 bridgehead atoms. The monoisotopic (exact) mass is 938 g/mol. The van der Waals surface area contributed by atoms with E-state index in [0.717, 1.165) is 32.1 Å². The fraction of sp³-hybridized carbons (Fsp3) is 0.840. The Kier molecular flexibility index (Phi) is 37.5. The zero-order valence-corrected chi connectivity index (χ0v) is 42.8. The maximum Gasteiger partial charge on any atom is 0.308 e. The van der Waals surface area contributed by atoms with Gasteiger partial charge in [-0.15, -0.1) is 11.8 Å². The largest absolute Gasteiger partial charge is 0.465 e. The standard InChI is InChI=1S/C50H91N5O9S/c1-9-10-11-12-13-14-15-16-17-18-19-20-21-27-45(58)52-31-28-47(60)54(7)36-44(57)35-42(26-22-23-29-51-46(59)38-65-33-32-64-50(63)40(4)5)49(62)55(8)37-43(56)34-41(6)48(61)53-30-24-25-39(2)3/h39-42H,9-38H2,1-8H3,(H,51,59)(H,52,58)(H,53,61)/t41-,42-/m1/s1. The summed E-state index contributed by atoms with van der Waals surface area (Å²) in [4.78, 5) is 104. The number of nitrogens with zero attached hydrogens (tertiary/aromatic N) is 2. The van der Waals surface area contributed by atoms with Gasteiger partial charge < -0.3 is 30.5 Å². The number of ketones is 2. The van der Waals surface area contributed by atoms with Gasteiger partial charge in [0.2, 0.25) is 29.5 Å². The molecule has 0 spiro atoms. The van der Waals surface area contributed by atoms with Crippen molar-refractivity contribution in [2.45, 2.75) is 183 Å². The van der Waals surface area contributed by atoms with Gasteiger partial charge in [-0.2, -0.15) is 0 Å². The Morgan fingerprint density at radius 2 is 1.12 bits per heavy atom. The number of hydrogen-bond donors (Lipinski definition) is 3. The summed E-state index contributed by atoms with van der Waals surface area (Å²) in [5.41, 5.74) is 0. The SMILES string of the molecule is CCCCCCCCCCCCCCCC(=O)NCCC(=O)N(C)CC(=O)C[C@@H](CCCCNC(=O)CSCCOC(=O)C(C)C)C(=O)N(C)CC(=O)C[C@@H](C)C(=O)NCCCC(C)C.